The van der Waals surface area contributed by atoms with E-state index in [2.05, 4.69) is 25.4 Å². The number of alkyl halides is 3. The zero-order valence-corrected chi connectivity index (χ0v) is 11.7. The highest BCUT2D eigenvalue weighted by molar-refractivity contribution is 5.38. The van der Waals surface area contributed by atoms with Gasteiger partial charge in [-0.1, -0.05) is 0 Å². The molecule has 0 fully saturated rings. The second-order valence-corrected chi connectivity index (χ2v) is 4.33. The topological polar surface area (TPSA) is 71.8 Å². The molecule has 0 amide bonds. The van der Waals surface area contributed by atoms with Crippen LogP contribution in [0.3, 0.4) is 0 Å². The average Bonchev–Trinajstić information content (AvgIpc) is 2.88. The van der Waals surface area contributed by atoms with Crippen molar-refractivity contribution in [2.75, 3.05) is 30.9 Å². The van der Waals surface area contributed by atoms with Crippen LogP contribution < -0.4 is 10.2 Å². The molecule has 0 aliphatic rings. The maximum Gasteiger partial charge on any atom is 0.435 e. The SMILES string of the molecule is CCNc1nc(N(C)C)nc(-n2ccc(C(F)(F)F)n2)n1. The lowest BCUT2D eigenvalue weighted by Gasteiger charge is -2.12. The Kier molecular flexibility index (Phi) is 3.96. The third kappa shape index (κ3) is 3.38. The molecule has 114 valence electrons. The first-order chi connectivity index (χ1) is 9.81. The largest absolute Gasteiger partial charge is 0.435 e. The van der Waals surface area contributed by atoms with Gasteiger partial charge in [-0.15, -0.1) is 0 Å². The molecule has 2 rings (SSSR count). The Morgan fingerprint density at radius 3 is 2.48 bits per heavy atom. The van der Waals surface area contributed by atoms with Crippen LogP contribution >= 0.6 is 0 Å². The summed E-state index contributed by atoms with van der Waals surface area (Å²) < 4.78 is 38.7. The molecule has 0 spiro atoms. The molecule has 0 radical (unpaired) electrons. The van der Waals surface area contributed by atoms with Crippen molar-refractivity contribution in [2.45, 2.75) is 13.1 Å². The number of rotatable bonds is 4. The third-order valence-electron chi connectivity index (χ3n) is 2.43. The molecule has 2 aromatic heterocycles. The highest BCUT2D eigenvalue weighted by Gasteiger charge is 2.33. The predicted molar refractivity (Wildman–Crippen MR) is 70.4 cm³/mol. The summed E-state index contributed by atoms with van der Waals surface area (Å²) in [5, 5.41) is 6.34. The lowest BCUT2D eigenvalue weighted by atomic mass is 10.4. The highest BCUT2D eigenvalue weighted by atomic mass is 19.4. The van der Waals surface area contributed by atoms with Crippen LogP contribution in [0.1, 0.15) is 12.6 Å². The van der Waals surface area contributed by atoms with E-state index in [9.17, 15) is 13.2 Å². The molecule has 0 aliphatic heterocycles. The average molecular weight is 301 g/mol. The van der Waals surface area contributed by atoms with Crippen LogP contribution in [-0.2, 0) is 6.18 Å². The molecule has 0 bridgehead atoms. The lowest BCUT2D eigenvalue weighted by Crippen LogP contribution is -2.18. The number of anilines is 2. The maximum absolute atomic E-state index is 12.6. The van der Waals surface area contributed by atoms with Gasteiger partial charge in [0.05, 0.1) is 0 Å². The molecule has 0 atom stereocenters. The van der Waals surface area contributed by atoms with E-state index in [0.717, 1.165) is 16.9 Å². The molecular formula is C11H14F3N7. The van der Waals surface area contributed by atoms with Gasteiger partial charge in [-0.2, -0.15) is 33.2 Å². The number of hydrogen-bond donors (Lipinski definition) is 1. The van der Waals surface area contributed by atoms with Crippen molar-refractivity contribution in [3.05, 3.63) is 18.0 Å². The van der Waals surface area contributed by atoms with Crippen molar-refractivity contribution < 1.29 is 13.2 Å². The number of nitrogens with one attached hydrogen (secondary N) is 1. The van der Waals surface area contributed by atoms with Crippen molar-refractivity contribution in [3.63, 3.8) is 0 Å². The van der Waals surface area contributed by atoms with Crippen LogP contribution in [0, 0.1) is 0 Å². The Labute approximate surface area is 118 Å². The first-order valence-electron chi connectivity index (χ1n) is 6.11. The number of nitrogens with zero attached hydrogens (tertiary/aromatic N) is 6. The van der Waals surface area contributed by atoms with E-state index in [0.29, 0.717) is 12.5 Å². The smallest absolute Gasteiger partial charge is 0.354 e. The van der Waals surface area contributed by atoms with Gasteiger partial charge in [-0.05, 0) is 13.0 Å². The Morgan fingerprint density at radius 1 is 1.24 bits per heavy atom. The van der Waals surface area contributed by atoms with Crippen molar-refractivity contribution in [1.82, 2.24) is 24.7 Å². The van der Waals surface area contributed by atoms with Gasteiger partial charge in [0.1, 0.15) is 0 Å². The summed E-state index contributed by atoms with van der Waals surface area (Å²) in [6.45, 7) is 2.43. The summed E-state index contributed by atoms with van der Waals surface area (Å²) in [5.74, 6) is 0.607. The summed E-state index contributed by atoms with van der Waals surface area (Å²) in [6.07, 6.45) is -3.35. The van der Waals surface area contributed by atoms with E-state index >= 15 is 0 Å². The molecule has 2 aromatic rings. The molecule has 2 heterocycles. The maximum atomic E-state index is 12.6. The first kappa shape index (κ1) is 15.0. The van der Waals surface area contributed by atoms with Crippen LogP contribution in [0.5, 0.6) is 0 Å². The number of halogens is 3. The van der Waals surface area contributed by atoms with Gasteiger partial charge in [-0.25, -0.2) is 4.68 Å². The van der Waals surface area contributed by atoms with E-state index in [1.807, 2.05) is 6.92 Å². The van der Waals surface area contributed by atoms with Crippen molar-refractivity contribution in [2.24, 2.45) is 0 Å². The van der Waals surface area contributed by atoms with Gasteiger partial charge in [0.25, 0.3) is 5.95 Å². The molecule has 0 aromatic carbocycles. The minimum atomic E-state index is -4.51. The zero-order chi connectivity index (χ0) is 15.6. The van der Waals surface area contributed by atoms with Crippen LogP contribution in [-0.4, -0.2) is 45.4 Å². The molecule has 7 nitrogen and oxygen atoms in total. The molecule has 21 heavy (non-hydrogen) atoms. The fourth-order valence-electron chi connectivity index (χ4n) is 1.48. The molecule has 0 saturated carbocycles. The van der Waals surface area contributed by atoms with Gasteiger partial charge >= 0.3 is 6.18 Å². The summed E-state index contributed by atoms with van der Waals surface area (Å²) in [6, 6.07) is 0.867. The molecule has 0 unspecified atom stereocenters. The van der Waals surface area contributed by atoms with Gasteiger partial charge in [0.2, 0.25) is 11.9 Å². The second-order valence-electron chi connectivity index (χ2n) is 4.33. The van der Waals surface area contributed by atoms with Crippen molar-refractivity contribution in [3.8, 4) is 5.95 Å². The molecular weight excluding hydrogens is 287 g/mol. The monoisotopic (exact) mass is 301 g/mol. The van der Waals surface area contributed by atoms with Crippen LogP contribution in [0.4, 0.5) is 25.1 Å². The fraction of sp³-hybridized carbons (Fsp3) is 0.455. The first-order valence-corrected chi connectivity index (χ1v) is 6.11. The minimum absolute atomic E-state index is 0.0140. The summed E-state index contributed by atoms with van der Waals surface area (Å²) in [7, 11) is 3.44. The quantitative estimate of drug-likeness (QED) is 0.924. The molecule has 0 aliphatic carbocycles. The lowest BCUT2D eigenvalue weighted by molar-refractivity contribution is -0.141. The van der Waals surface area contributed by atoms with Crippen LogP contribution in [0.15, 0.2) is 12.3 Å². The van der Waals surface area contributed by atoms with E-state index < -0.39 is 11.9 Å². The van der Waals surface area contributed by atoms with E-state index in [4.69, 9.17) is 0 Å². The molecule has 10 heteroatoms. The Hall–Kier alpha value is -2.39. The third-order valence-corrected chi connectivity index (χ3v) is 2.43. The van der Waals surface area contributed by atoms with E-state index in [1.54, 1.807) is 19.0 Å². The van der Waals surface area contributed by atoms with Crippen LogP contribution in [0.25, 0.3) is 5.95 Å². The van der Waals surface area contributed by atoms with Gasteiger partial charge in [-0.3, -0.25) is 0 Å². The second kappa shape index (κ2) is 5.54. The molecule has 0 saturated heterocycles. The van der Waals surface area contributed by atoms with Gasteiger partial charge in [0.15, 0.2) is 5.69 Å². The van der Waals surface area contributed by atoms with Crippen LogP contribution in [0.2, 0.25) is 0 Å². The number of hydrogen-bond acceptors (Lipinski definition) is 6. The normalized spacial score (nSPS) is 11.5. The van der Waals surface area contributed by atoms with Gasteiger partial charge < -0.3 is 10.2 Å². The predicted octanol–water partition coefficient (Wildman–Crippen LogP) is 1.57. The number of aromatic nitrogens is 5. The summed E-state index contributed by atoms with van der Waals surface area (Å²) in [5.41, 5.74) is -1.00. The molecule has 1 N–H and O–H groups in total. The van der Waals surface area contributed by atoms with Gasteiger partial charge in [0, 0.05) is 26.8 Å². The standard InChI is InChI=1S/C11H14F3N7/c1-4-15-8-16-9(20(2)3)18-10(17-8)21-6-5-7(19-21)11(12,13)14/h5-6H,4H2,1-3H3,(H,15,16,17,18). The highest BCUT2D eigenvalue weighted by Crippen LogP contribution is 2.27. The summed E-state index contributed by atoms with van der Waals surface area (Å²) in [4.78, 5) is 13.9. The summed E-state index contributed by atoms with van der Waals surface area (Å²) >= 11 is 0. The zero-order valence-electron chi connectivity index (χ0n) is 11.7. The van der Waals surface area contributed by atoms with Crippen molar-refractivity contribution >= 4 is 11.9 Å². The Bertz CT molecular complexity index is 621. The van der Waals surface area contributed by atoms with Crippen molar-refractivity contribution in [1.29, 1.82) is 0 Å². The van der Waals surface area contributed by atoms with E-state index in [1.165, 1.54) is 0 Å². The van der Waals surface area contributed by atoms with E-state index in [-0.39, 0.29) is 11.9 Å². The Balaban J connectivity index is 2.44. The Morgan fingerprint density at radius 2 is 1.95 bits per heavy atom. The fourth-order valence-corrected chi connectivity index (χ4v) is 1.48. The minimum Gasteiger partial charge on any atom is -0.354 e.